The largest absolute Gasteiger partial charge is 0.394 e. The van der Waals surface area contributed by atoms with Crippen molar-refractivity contribution in [1.29, 1.82) is 0 Å². The topological polar surface area (TPSA) is 90.2 Å². The second-order valence-corrected chi connectivity index (χ2v) is 8.30. The van der Waals surface area contributed by atoms with E-state index in [1.807, 2.05) is 36.4 Å². The fourth-order valence-electron chi connectivity index (χ4n) is 3.74. The molecule has 2 aromatic carbocycles. The zero-order chi connectivity index (χ0) is 19.7. The molecule has 6 heteroatoms. The molecule has 1 aromatic heterocycles. The van der Waals surface area contributed by atoms with Crippen LogP contribution in [0.15, 0.2) is 54.6 Å². The summed E-state index contributed by atoms with van der Waals surface area (Å²) in [5.41, 5.74) is 2.51. The number of aliphatic hydroxyl groups is 4. The Hall–Kier alpha value is -1.80. The highest BCUT2D eigenvalue weighted by Gasteiger charge is 2.44. The lowest BCUT2D eigenvalue weighted by Gasteiger charge is -2.39. The van der Waals surface area contributed by atoms with Gasteiger partial charge in [-0.2, -0.15) is 0 Å². The predicted molar refractivity (Wildman–Crippen MR) is 108 cm³/mol. The van der Waals surface area contributed by atoms with Crippen molar-refractivity contribution in [3.63, 3.8) is 0 Å². The van der Waals surface area contributed by atoms with Crippen molar-refractivity contribution < 1.29 is 25.2 Å². The zero-order valence-electron chi connectivity index (χ0n) is 15.3. The van der Waals surface area contributed by atoms with Crippen LogP contribution in [0.5, 0.6) is 0 Å². The first-order chi connectivity index (χ1) is 13.6. The summed E-state index contributed by atoms with van der Waals surface area (Å²) in [5.74, 6) is 0. The average molecular weight is 400 g/mol. The molecule has 4 rings (SSSR count). The Balaban J connectivity index is 1.61. The number of benzene rings is 2. The molecule has 0 aliphatic carbocycles. The minimum absolute atomic E-state index is 0.422. The molecule has 148 valence electrons. The van der Waals surface area contributed by atoms with Crippen molar-refractivity contribution in [2.75, 3.05) is 6.61 Å². The van der Waals surface area contributed by atoms with E-state index < -0.39 is 37.1 Å². The van der Waals surface area contributed by atoms with Gasteiger partial charge in [0, 0.05) is 9.58 Å². The number of hydrogen-bond acceptors (Lipinski definition) is 6. The maximum Gasteiger partial charge on any atom is 0.121 e. The van der Waals surface area contributed by atoms with Crippen LogP contribution in [0.3, 0.4) is 0 Å². The lowest BCUT2D eigenvalue weighted by atomic mass is 9.94. The van der Waals surface area contributed by atoms with Gasteiger partial charge in [-0.15, -0.1) is 11.3 Å². The van der Waals surface area contributed by atoms with Gasteiger partial charge in [-0.1, -0.05) is 48.5 Å². The monoisotopic (exact) mass is 400 g/mol. The summed E-state index contributed by atoms with van der Waals surface area (Å²) in [7, 11) is 0. The highest BCUT2D eigenvalue weighted by Crippen LogP contribution is 2.39. The number of ether oxygens (including phenoxy) is 1. The third kappa shape index (κ3) is 3.72. The highest BCUT2D eigenvalue weighted by molar-refractivity contribution is 7.19. The molecule has 1 saturated heterocycles. The SMILES string of the molecule is OC[C@H]1O[C@@H](c2cc3cccc(CCc4ccccc4)c3s2)[C@H](O)[C@@H](O)[C@@H]1O. The van der Waals surface area contributed by atoms with E-state index in [4.69, 9.17) is 4.74 Å². The van der Waals surface area contributed by atoms with E-state index in [2.05, 4.69) is 18.2 Å². The van der Waals surface area contributed by atoms with Crippen LogP contribution in [-0.2, 0) is 17.6 Å². The predicted octanol–water partition coefficient (Wildman–Crippen LogP) is 2.20. The first kappa shape index (κ1) is 19.5. The molecule has 1 fully saturated rings. The third-order valence-corrected chi connectivity index (χ3v) is 6.63. The van der Waals surface area contributed by atoms with Gasteiger partial charge in [0.1, 0.15) is 30.5 Å². The molecule has 0 saturated carbocycles. The Labute approximate surface area is 167 Å². The first-order valence-electron chi connectivity index (χ1n) is 9.44. The van der Waals surface area contributed by atoms with Crippen LogP contribution in [0.1, 0.15) is 22.1 Å². The number of aryl methyl sites for hydroxylation is 2. The number of rotatable bonds is 5. The second-order valence-electron chi connectivity index (χ2n) is 7.22. The quantitative estimate of drug-likeness (QED) is 0.527. The Morgan fingerprint density at radius 3 is 2.39 bits per heavy atom. The van der Waals surface area contributed by atoms with Gasteiger partial charge < -0.3 is 25.2 Å². The molecule has 3 aromatic rings. The summed E-state index contributed by atoms with van der Waals surface area (Å²) in [6.45, 7) is -0.422. The van der Waals surface area contributed by atoms with E-state index in [1.54, 1.807) is 0 Å². The fourth-order valence-corrected chi connectivity index (χ4v) is 5.02. The summed E-state index contributed by atoms with van der Waals surface area (Å²) in [6.07, 6.45) is -3.80. The van der Waals surface area contributed by atoms with Crippen molar-refractivity contribution in [1.82, 2.24) is 0 Å². The molecular formula is C22H24O5S. The van der Waals surface area contributed by atoms with Gasteiger partial charge in [0.05, 0.1) is 6.61 Å². The van der Waals surface area contributed by atoms with Gasteiger partial charge in [0.25, 0.3) is 0 Å². The molecule has 5 atom stereocenters. The van der Waals surface area contributed by atoms with E-state index in [9.17, 15) is 20.4 Å². The van der Waals surface area contributed by atoms with Crippen molar-refractivity contribution in [2.45, 2.75) is 43.4 Å². The van der Waals surface area contributed by atoms with Gasteiger partial charge in [0.15, 0.2) is 0 Å². The summed E-state index contributed by atoms with van der Waals surface area (Å²) in [5, 5.41) is 41.0. The minimum atomic E-state index is -1.36. The molecule has 0 bridgehead atoms. The van der Waals surface area contributed by atoms with Crippen LogP contribution in [0.25, 0.3) is 10.1 Å². The maximum absolute atomic E-state index is 10.4. The zero-order valence-corrected chi connectivity index (χ0v) is 16.1. The van der Waals surface area contributed by atoms with Crippen molar-refractivity contribution in [3.8, 4) is 0 Å². The van der Waals surface area contributed by atoms with Crippen LogP contribution in [0.4, 0.5) is 0 Å². The second kappa shape index (κ2) is 8.29. The van der Waals surface area contributed by atoms with Crippen LogP contribution >= 0.6 is 11.3 Å². The van der Waals surface area contributed by atoms with Gasteiger partial charge in [-0.3, -0.25) is 0 Å². The Morgan fingerprint density at radius 2 is 1.64 bits per heavy atom. The third-order valence-electron chi connectivity index (χ3n) is 5.34. The molecule has 1 aliphatic rings. The molecule has 2 heterocycles. The molecular weight excluding hydrogens is 376 g/mol. The average Bonchev–Trinajstić information content (AvgIpc) is 3.16. The normalized spacial score (nSPS) is 27.9. The molecule has 0 spiro atoms. The van der Waals surface area contributed by atoms with Crippen LogP contribution in [-0.4, -0.2) is 51.4 Å². The van der Waals surface area contributed by atoms with E-state index >= 15 is 0 Å². The summed E-state index contributed by atoms with van der Waals surface area (Å²) in [4.78, 5) is 0.777. The van der Waals surface area contributed by atoms with Crippen molar-refractivity contribution >= 4 is 21.4 Å². The molecule has 0 unspecified atom stereocenters. The van der Waals surface area contributed by atoms with Gasteiger partial charge in [0.2, 0.25) is 0 Å². The van der Waals surface area contributed by atoms with E-state index in [0.29, 0.717) is 0 Å². The molecule has 28 heavy (non-hydrogen) atoms. The Bertz CT molecular complexity index is 923. The number of aliphatic hydroxyl groups excluding tert-OH is 4. The lowest BCUT2D eigenvalue weighted by Crippen LogP contribution is -2.55. The summed E-state index contributed by atoms with van der Waals surface area (Å²) in [6, 6.07) is 18.4. The van der Waals surface area contributed by atoms with Crippen molar-refractivity contribution in [3.05, 3.63) is 70.6 Å². The molecule has 0 amide bonds. The number of thiophene rings is 1. The van der Waals surface area contributed by atoms with Gasteiger partial charge in [-0.05, 0) is 35.4 Å². The highest BCUT2D eigenvalue weighted by atomic mass is 32.1. The van der Waals surface area contributed by atoms with Gasteiger partial charge >= 0.3 is 0 Å². The fraction of sp³-hybridized carbons (Fsp3) is 0.364. The minimum Gasteiger partial charge on any atom is -0.394 e. The molecule has 1 aliphatic heterocycles. The van der Waals surface area contributed by atoms with E-state index in [-0.39, 0.29) is 0 Å². The summed E-state index contributed by atoms with van der Waals surface area (Å²) < 4.78 is 6.85. The Morgan fingerprint density at radius 1 is 0.857 bits per heavy atom. The number of hydrogen-bond donors (Lipinski definition) is 4. The lowest BCUT2D eigenvalue weighted by molar-refractivity contribution is -0.230. The number of fused-ring (bicyclic) bond motifs is 1. The standard InChI is InChI=1S/C22H24O5S/c23-12-16-18(24)19(25)20(26)21(27-16)17-11-15-8-4-7-14(22(15)28-17)10-9-13-5-2-1-3-6-13/h1-8,11,16,18-21,23-26H,9-10,12H2/t16-,18-,19+,20-,21+/m1/s1. The molecule has 5 nitrogen and oxygen atoms in total. The van der Waals surface area contributed by atoms with Gasteiger partial charge in [-0.25, -0.2) is 0 Å². The molecule has 0 radical (unpaired) electrons. The smallest absolute Gasteiger partial charge is 0.121 e. The van der Waals surface area contributed by atoms with Crippen molar-refractivity contribution in [2.24, 2.45) is 0 Å². The first-order valence-corrected chi connectivity index (χ1v) is 10.3. The Kier molecular flexibility index (Phi) is 5.78. The van der Waals surface area contributed by atoms with Crippen LogP contribution < -0.4 is 0 Å². The maximum atomic E-state index is 10.4. The van der Waals surface area contributed by atoms with E-state index in [1.165, 1.54) is 22.5 Å². The summed E-state index contributed by atoms with van der Waals surface area (Å²) >= 11 is 1.53. The van der Waals surface area contributed by atoms with Crippen LogP contribution in [0.2, 0.25) is 0 Å². The molecule has 4 N–H and O–H groups in total. The van der Waals surface area contributed by atoms with Crippen LogP contribution in [0, 0.1) is 0 Å². The van der Waals surface area contributed by atoms with E-state index in [0.717, 1.165) is 27.8 Å².